The van der Waals surface area contributed by atoms with E-state index in [-0.39, 0.29) is 35.7 Å². The minimum Gasteiger partial charge on any atom is -0.441 e. The maximum atomic E-state index is 13.8. The van der Waals surface area contributed by atoms with Gasteiger partial charge in [-0.3, -0.25) is 4.79 Å². The molecule has 6 nitrogen and oxygen atoms in total. The van der Waals surface area contributed by atoms with Gasteiger partial charge in [0, 0.05) is 12.8 Å². The molecule has 0 aliphatic carbocycles. The Labute approximate surface area is 164 Å². The van der Waals surface area contributed by atoms with Crippen LogP contribution in [-0.2, 0) is 21.1 Å². The molecule has 3 rings (SSSR count). The van der Waals surface area contributed by atoms with Gasteiger partial charge >= 0.3 is 5.76 Å². The zero-order chi connectivity index (χ0) is 21.0. The summed E-state index contributed by atoms with van der Waals surface area (Å²) in [7, 11) is -4.87. The van der Waals surface area contributed by atoms with E-state index in [1.807, 2.05) is 0 Å². The maximum absolute atomic E-state index is 13.8. The van der Waals surface area contributed by atoms with E-state index in [2.05, 4.69) is 10.3 Å². The molecule has 1 amide bonds. The van der Waals surface area contributed by atoms with Gasteiger partial charge in [0.05, 0.1) is 22.3 Å². The molecule has 1 heterocycles. The topological polar surface area (TPSA) is 89.3 Å². The average molecular weight is 424 g/mol. The summed E-state index contributed by atoms with van der Waals surface area (Å²) in [5.41, 5.74) is -0.0147. The summed E-state index contributed by atoms with van der Waals surface area (Å²) >= 11 is 0. The van der Waals surface area contributed by atoms with Crippen LogP contribution in [0.3, 0.4) is 0 Å². The van der Waals surface area contributed by atoms with E-state index in [0.717, 1.165) is 6.07 Å². The van der Waals surface area contributed by atoms with Gasteiger partial charge in [-0.15, -0.1) is 0 Å². The monoisotopic (exact) mass is 424 g/mol. The van der Waals surface area contributed by atoms with E-state index in [9.17, 15) is 26.4 Å². The lowest BCUT2D eigenvalue weighted by Gasteiger charge is -2.10. The first-order valence-electron chi connectivity index (χ1n) is 8.39. The predicted octanol–water partition coefficient (Wildman–Crippen LogP) is 4.05. The molecule has 0 atom stereocenters. The van der Waals surface area contributed by atoms with Crippen LogP contribution in [0.4, 0.5) is 18.9 Å². The zero-order valence-corrected chi connectivity index (χ0v) is 15.6. The van der Waals surface area contributed by atoms with E-state index in [1.165, 1.54) is 42.6 Å². The Hall–Kier alpha value is -3.14. The van der Waals surface area contributed by atoms with Gasteiger partial charge in [-0.05, 0) is 24.3 Å². The van der Waals surface area contributed by atoms with Gasteiger partial charge in [0.25, 0.3) is 0 Å². The number of para-hydroxylation sites is 1. The Morgan fingerprint density at radius 1 is 1.10 bits per heavy atom. The summed E-state index contributed by atoms with van der Waals surface area (Å²) in [6.07, 6.45) is 1.22. The van der Waals surface area contributed by atoms with E-state index in [1.54, 1.807) is 6.07 Å². The Kier molecular flexibility index (Phi) is 6.02. The van der Waals surface area contributed by atoms with Crippen molar-refractivity contribution < 1.29 is 30.8 Å². The Morgan fingerprint density at radius 2 is 1.79 bits per heavy atom. The molecule has 0 bridgehead atoms. The molecule has 10 heteroatoms. The smallest absolute Gasteiger partial charge is 0.341 e. The van der Waals surface area contributed by atoms with Crippen LogP contribution < -0.4 is 5.32 Å². The second-order valence-corrected chi connectivity index (χ2v) is 7.83. The first-order valence-corrected chi connectivity index (χ1v) is 9.94. The number of hydrogen-bond donors (Lipinski definition) is 1. The molecule has 1 aromatic heterocycles. The van der Waals surface area contributed by atoms with Gasteiger partial charge in [0.1, 0.15) is 5.82 Å². The van der Waals surface area contributed by atoms with Crippen LogP contribution >= 0.6 is 0 Å². The molecule has 0 radical (unpaired) electrons. The lowest BCUT2D eigenvalue weighted by atomic mass is 10.2. The second-order valence-electron chi connectivity index (χ2n) is 5.95. The zero-order valence-electron chi connectivity index (χ0n) is 14.8. The molecule has 0 saturated carbocycles. The van der Waals surface area contributed by atoms with Gasteiger partial charge in [0.15, 0.2) is 11.7 Å². The number of nitrogens with zero attached hydrogens (tertiary/aromatic N) is 1. The summed E-state index contributed by atoms with van der Waals surface area (Å²) in [6, 6.07) is 10.9. The van der Waals surface area contributed by atoms with Gasteiger partial charge in [-0.1, -0.05) is 24.3 Å². The number of anilines is 1. The van der Waals surface area contributed by atoms with Crippen LogP contribution in [-0.4, -0.2) is 25.1 Å². The SMILES string of the molecule is O=C(CCc1ncc(-c2ccccc2F)o1)Nc1ccccc1S(=O)(=O)C(F)F. The summed E-state index contributed by atoms with van der Waals surface area (Å²) < 4.78 is 68.3. The summed E-state index contributed by atoms with van der Waals surface area (Å²) in [4.78, 5) is 15.5. The molecular weight excluding hydrogens is 409 g/mol. The number of carbonyl (C=O) groups is 1. The normalized spacial score (nSPS) is 11.6. The highest BCUT2D eigenvalue weighted by atomic mass is 32.2. The number of carbonyl (C=O) groups excluding carboxylic acids is 1. The van der Waals surface area contributed by atoms with E-state index < -0.39 is 32.2 Å². The molecular formula is C19H15F3N2O4S. The van der Waals surface area contributed by atoms with Crippen molar-refractivity contribution in [2.45, 2.75) is 23.5 Å². The first kappa shape index (κ1) is 20.6. The Balaban J connectivity index is 1.67. The number of aromatic nitrogens is 1. The molecule has 0 aliphatic rings. The lowest BCUT2D eigenvalue weighted by molar-refractivity contribution is -0.116. The first-order chi connectivity index (χ1) is 13.8. The van der Waals surface area contributed by atoms with Crippen LogP contribution in [0.25, 0.3) is 11.3 Å². The van der Waals surface area contributed by atoms with Crippen molar-refractivity contribution in [1.82, 2.24) is 4.98 Å². The fraction of sp³-hybridized carbons (Fsp3) is 0.158. The number of sulfone groups is 1. The van der Waals surface area contributed by atoms with Crippen molar-refractivity contribution in [3.8, 4) is 11.3 Å². The third-order valence-electron chi connectivity index (χ3n) is 3.96. The second kappa shape index (κ2) is 8.48. The number of alkyl halides is 2. The minimum atomic E-state index is -4.87. The fourth-order valence-corrected chi connectivity index (χ4v) is 3.44. The maximum Gasteiger partial charge on any atom is 0.341 e. The van der Waals surface area contributed by atoms with Gasteiger partial charge in [-0.2, -0.15) is 8.78 Å². The van der Waals surface area contributed by atoms with Gasteiger partial charge in [-0.25, -0.2) is 17.8 Å². The molecule has 1 N–H and O–H groups in total. The number of amides is 1. The molecule has 0 unspecified atom stereocenters. The number of hydrogen-bond acceptors (Lipinski definition) is 5. The van der Waals surface area contributed by atoms with Crippen LogP contribution in [0.1, 0.15) is 12.3 Å². The fourth-order valence-electron chi connectivity index (χ4n) is 2.56. The molecule has 0 spiro atoms. The van der Waals surface area contributed by atoms with Crippen molar-refractivity contribution in [3.05, 3.63) is 66.4 Å². The minimum absolute atomic E-state index is 0.0457. The number of benzene rings is 2. The van der Waals surface area contributed by atoms with Crippen molar-refractivity contribution in [2.24, 2.45) is 0 Å². The standard InChI is InChI=1S/C19H15F3N2O4S/c20-13-6-2-1-5-12(13)15-11-23-18(28-15)10-9-17(25)24-14-7-3-4-8-16(14)29(26,27)19(21)22/h1-8,11,19H,9-10H2,(H,24,25). The number of aryl methyl sites for hydroxylation is 1. The average Bonchev–Trinajstić information content (AvgIpc) is 3.16. The lowest BCUT2D eigenvalue weighted by Crippen LogP contribution is -2.18. The number of nitrogens with one attached hydrogen (secondary N) is 1. The Morgan fingerprint density at radius 3 is 2.52 bits per heavy atom. The van der Waals surface area contributed by atoms with Crippen molar-refractivity contribution in [2.75, 3.05) is 5.32 Å². The third-order valence-corrected chi connectivity index (χ3v) is 5.40. The van der Waals surface area contributed by atoms with Crippen molar-refractivity contribution in [1.29, 1.82) is 0 Å². The predicted molar refractivity (Wildman–Crippen MR) is 98.5 cm³/mol. The third kappa shape index (κ3) is 4.65. The molecule has 3 aromatic rings. The number of rotatable bonds is 7. The molecule has 0 aliphatic heterocycles. The van der Waals surface area contributed by atoms with Gasteiger partial charge in [0.2, 0.25) is 15.7 Å². The van der Waals surface area contributed by atoms with E-state index in [4.69, 9.17) is 4.42 Å². The largest absolute Gasteiger partial charge is 0.441 e. The highest BCUT2D eigenvalue weighted by molar-refractivity contribution is 7.91. The van der Waals surface area contributed by atoms with Crippen LogP contribution in [0, 0.1) is 5.82 Å². The molecule has 0 fully saturated rings. The number of oxazole rings is 1. The van der Waals surface area contributed by atoms with Crippen molar-refractivity contribution >= 4 is 21.4 Å². The summed E-state index contributed by atoms with van der Waals surface area (Å²) in [5.74, 6) is -4.33. The van der Waals surface area contributed by atoms with Crippen LogP contribution in [0.2, 0.25) is 0 Å². The molecule has 0 saturated heterocycles. The molecule has 29 heavy (non-hydrogen) atoms. The van der Waals surface area contributed by atoms with E-state index >= 15 is 0 Å². The van der Waals surface area contributed by atoms with Crippen LogP contribution in [0.5, 0.6) is 0 Å². The van der Waals surface area contributed by atoms with E-state index in [0.29, 0.717) is 0 Å². The molecule has 2 aromatic carbocycles. The van der Waals surface area contributed by atoms with Crippen LogP contribution in [0.15, 0.2) is 64.0 Å². The van der Waals surface area contributed by atoms with Crippen molar-refractivity contribution in [3.63, 3.8) is 0 Å². The Bertz CT molecular complexity index is 1130. The quantitative estimate of drug-likeness (QED) is 0.618. The summed E-state index contributed by atoms with van der Waals surface area (Å²) in [5, 5.41) is 2.31. The van der Waals surface area contributed by atoms with Gasteiger partial charge < -0.3 is 9.73 Å². The summed E-state index contributed by atoms with van der Waals surface area (Å²) in [6.45, 7) is 0. The molecule has 152 valence electrons. The number of halogens is 3. The highest BCUT2D eigenvalue weighted by Crippen LogP contribution is 2.27. The highest BCUT2D eigenvalue weighted by Gasteiger charge is 2.29.